The number of amides is 5. The number of carbonyl (C=O) groups excluding carboxylic acids is 6. The third-order valence-electron chi connectivity index (χ3n) is 5.91. The summed E-state index contributed by atoms with van der Waals surface area (Å²) in [6, 6.07) is 13.5. The van der Waals surface area contributed by atoms with E-state index >= 15 is 0 Å². The summed E-state index contributed by atoms with van der Waals surface area (Å²) in [6.45, 7) is 9.80. The lowest BCUT2D eigenvalue weighted by molar-refractivity contribution is -0.156. The number of carbonyl (C=O) groups is 6. The fraction of sp³-hybridized carbons (Fsp3) is 0.364. The molecule has 0 fully saturated rings. The molecular weight excluding hydrogens is 640 g/mol. The maximum atomic E-state index is 13.4. The number of anilines is 2. The number of nitrogens with zero attached hydrogens (tertiary/aromatic N) is 1. The predicted molar refractivity (Wildman–Crippen MR) is 179 cm³/mol. The summed E-state index contributed by atoms with van der Waals surface area (Å²) < 4.78 is 10.8. The number of thiazole rings is 1. The highest BCUT2D eigenvalue weighted by atomic mass is 32.1. The summed E-state index contributed by atoms with van der Waals surface area (Å²) in [4.78, 5) is 80.6. The van der Waals surface area contributed by atoms with Gasteiger partial charge in [0.1, 0.15) is 22.9 Å². The van der Waals surface area contributed by atoms with Crippen molar-refractivity contribution in [2.45, 2.75) is 71.8 Å². The van der Waals surface area contributed by atoms with Gasteiger partial charge in [-0.15, -0.1) is 11.3 Å². The highest BCUT2D eigenvalue weighted by Crippen LogP contribution is 2.20. The molecule has 14 nitrogen and oxygen atoms in total. The topological polar surface area (TPSA) is 194 Å². The first-order chi connectivity index (χ1) is 22.5. The Labute approximate surface area is 282 Å². The fourth-order valence-electron chi connectivity index (χ4n) is 3.93. The monoisotopic (exact) mass is 680 g/mol. The summed E-state index contributed by atoms with van der Waals surface area (Å²) in [5.41, 5.74) is -0.617. The molecule has 0 saturated heterocycles. The van der Waals surface area contributed by atoms with Crippen LogP contribution in [-0.4, -0.2) is 64.5 Å². The molecule has 5 N–H and O–H groups in total. The van der Waals surface area contributed by atoms with Gasteiger partial charge in [-0.25, -0.2) is 14.6 Å². The molecule has 3 aromatic rings. The molecule has 0 aliphatic heterocycles. The molecular formula is C33H40N6O8S. The Kier molecular flexibility index (Phi) is 12.8. The zero-order valence-corrected chi connectivity index (χ0v) is 28.4. The van der Waals surface area contributed by atoms with Crippen LogP contribution in [0.25, 0.3) is 0 Å². The minimum Gasteiger partial charge on any atom is -0.460 e. The van der Waals surface area contributed by atoms with Crippen molar-refractivity contribution in [3.05, 3.63) is 76.8 Å². The van der Waals surface area contributed by atoms with E-state index in [1.54, 1.807) is 53.7 Å². The Hall–Kier alpha value is -5.31. The Morgan fingerprint density at radius 1 is 0.812 bits per heavy atom. The van der Waals surface area contributed by atoms with Crippen LogP contribution >= 0.6 is 11.3 Å². The van der Waals surface area contributed by atoms with E-state index in [2.05, 4.69) is 31.6 Å². The zero-order chi connectivity index (χ0) is 35.5. The molecule has 0 aliphatic rings. The summed E-state index contributed by atoms with van der Waals surface area (Å²) >= 11 is 1.01. The molecule has 1 aromatic heterocycles. The highest BCUT2D eigenvalue weighted by molar-refractivity contribution is 7.14. The number of nitrogens with one attached hydrogen (secondary N) is 5. The van der Waals surface area contributed by atoms with Crippen LogP contribution in [-0.2, 0) is 30.4 Å². The van der Waals surface area contributed by atoms with Gasteiger partial charge in [-0.2, -0.15) is 0 Å². The van der Waals surface area contributed by atoms with Crippen molar-refractivity contribution < 1.29 is 38.2 Å². The van der Waals surface area contributed by atoms with Gasteiger partial charge >= 0.3 is 18.0 Å². The lowest BCUT2D eigenvalue weighted by Gasteiger charge is -2.23. The van der Waals surface area contributed by atoms with Crippen molar-refractivity contribution in [3.8, 4) is 0 Å². The SMILES string of the molecule is CC(C)(C)OC(=O)CC(NC(=O)CNC(=O)c1csc(NC(=O)NCc2ccccc2)n1)C(=O)Nc1ccccc1C(=O)OC(C)(C)C. The standard InChI is InChI=1S/C33H40N6O8S/c1-32(2,3)46-26(41)16-23(28(43)37-22-15-11-10-14-21(22)29(44)47-33(4,5)6)36-25(40)18-34-27(42)24-19-48-31(38-24)39-30(45)35-17-20-12-8-7-9-13-20/h7-15,19,23H,16-18H2,1-6H3,(H,34,42)(H,36,40)(H,37,43)(H2,35,38,39,45). The number of esters is 2. The third kappa shape index (κ3) is 12.8. The molecule has 15 heteroatoms. The van der Waals surface area contributed by atoms with Crippen molar-refractivity contribution in [2.24, 2.45) is 0 Å². The minimum absolute atomic E-state index is 0.0482. The van der Waals surface area contributed by atoms with E-state index < -0.39 is 65.9 Å². The molecule has 1 atom stereocenters. The Morgan fingerprint density at radius 2 is 1.46 bits per heavy atom. The highest BCUT2D eigenvalue weighted by Gasteiger charge is 2.29. The molecule has 0 spiro atoms. The van der Waals surface area contributed by atoms with E-state index in [0.29, 0.717) is 6.54 Å². The van der Waals surface area contributed by atoms with E-state index in [-0.39, 0.29) is 22.1 Å². The van der Waals surface area contributed by atoms with Gasteiger partial charge in [0.15, 0.2) is 5.13 Å². The van der Waals surface area contributed by atoms with Gasteiger partial charge in [0, 0.05) is 11.9 Å². The lowest BCUT2D eigenvalue weighted by Crippen LogP contribution is -2.49. The van der Waals surface area contributed by atoms with Crippen LogP contribution in [0.4, 0.5) is 15.6 Å². The maximum absolute atomic E-state index is 13.4. The van der Waals surface area contributed by atoms with Crippen LogP contribution in [0.3, 0.4) is 0 Å². The first-order valence-corrected chi connectivity index (χ1v) is 15.8. The van der Waals surface area contributed by atoms with Crippen molar-refractivity contribution >= 4 is 57.8 Å². The average molecular weight is 681 g/mol. The molecule has 256 valence electrons. The van der Waals surface area contributed by atoms with Gasteiger partial charge in [-0.3, -0.25) is 24.5 Å². The molecule has 2 aromatic carbocycles. The molecule has 0 radical (unpaired) electrons. The van der Waals surface area contributed by atoms with E-state index in [1.165, 1.54) is 17.5 Å². The zero-order valence-electron chi connectivity index (χ0n) is 27.6. The van der Waals surface area contributed by atoms with Gasteiger partial charge in [-0.05, 0) is 59.2 Å². The number of ether oxygens (including phenoxy) is 2. The largest absolute Gasteiger partial charge is 0.460 e. The molecule has 5 amide bonds. The van der Waals surface area contributed by atoms with E-state index in [0.717, 1.165) is 16.9 Å². The average Bonchev–Trinajstić information content (AvgIpc) is 3.46. The van der Waals surface area contributed by atoms with Crippen molar-refractivity contribution in [1.82, 2.24) is 20.9 Å². The Morgan fingerprint density at radius 3 is 2.12 bits per heavy atom. The van der Waals surface area contributed by atoms with E-state index in [9.17, 15) is 28.8 Å². The molecule has 3 rings (SSSR count). The Balaban J connectivity index is 1.62. The second-order valence-electron chi connectivity index (χ2n) is 12.5. The number of hydrogen-bond donors (Lipinski definition) is 5. The lowest BCUT2D eigenvalue weighted by atomic mass is 10.1. The van der Waals surface area contributed by atoms with E-state index in [4.69, 9.17) is 9.47 Å². The minimum atomic E-state index is -1.43. The first kappa shape index (κ1) is 37.2. The second-order valence-corrected chi connectivity index (χ2v) is 13.3. The summed E-state index contributed by atoms with van der Waals surface area (Å²) in [6.07, 6.45) is -0.537. The molecule has 1 unspecified atom stereocenters. The van der Waals surface area contributed by atoms with Crippen LogP contribution in [0.5, 0.6) is 0 Å². The van der Waals surface area contributed by atoms with Crippen LogP contribution in [0, 0.1) is 0 Å². The fourth-order valence-corrected chi connectivity index (χ4v) is 4.62. The number of hydrogen-bond acceptors (Lipinski definition) is 10. The number of para-hydroxylation sites is 1. The summed E-state index contributed by atoms with van der Waals surface area (Å²) in [7, 11) is 0. The molecule has 1 heterocycles. The molecule has 0 saturated carbocycles. The van der Waals surface area contributed by atoms with Crippen LogP contribution < -0.4 is 26.6 Å². The molecule has 0 aliphatic carbocycles. The smallest absolute Gasteiger partial charge is 0.340 e. The van der Waals surface area contributed by atoms with Crippen LogP contribution in [0.15, 0.2) is 60.0 Å². The van der Waals surface area contributed by atoms with Gasteiger partial charge in [-0.1, -0.05) is 42.5 Å². The van der Waals surface area contributed by atoms with Crippen molar-refractivity contribution in [1.29, 1.82) is 0 Å². The first-order valence-electron chi connectivity index (χ1n) is 15.0. The van der Waals surface area contributed by atoms with Gasteiger partial charge in [0.05, 0.1) is 24.2 Å². The van der Waals surface area contributed by atoms with Gasteiger partial charge in [0.2, 0.25) is 11.8 Å². The second kappa shape index (κ2) is 16.5. The predicted octanol–water partition coefficient (Wildman–Crippen LogP) is 4.01. The number of benzene rings is 2. The number of urea groups is 1. The normalized spacial score (nSPS) is 11.8. The van der Waals surface area contributed by atoms with E-state index in [1.807, 2.05) is 30.3 Å². The third-order valence-corrected chi connectivity index (χ3v) is 6.67. The number of aromatic nitrogens is 1. The van der Waals surface area contributed by atoms with Crippen molar-refractivity contribution in [3.63, 3.8) is 0 Å². The molecule has 0 bridgehead atoms. The number of rotatable bonds is 12. The summed E-state index contributed by atoms with van der Waals surface area (Å²) in [5.74, 6) is -3.75. The Bertz CT molecular complexity index is 1630. The van der Waals surface area contributed by atoms with Gasteiger partial charge < -0.3 is 30.7 Å². The van der Waals surface area contributed by atoms with Crippen LogP contribution in [0.1, 0.15) is 74.4 Å². The molecule has 48 heavy (non-hydrogen) atoms. The summed E-state index contributed by atoms with van der Waals surface area (Å²) in [5, 5.41) is 14.2. The van der Waals surface area contributed by atoms with Crippen molar-refractivity contribution in [2.75, 3.05) is 17.2 Å². The maximum Gasteiger partial charge on any atom is 0.340 e. The van der Waals surface area contributed by atoms with Crippen LogP contribution in [0.2, 0.25) is 0 Å². The quantitative estimate of drug-likeness (QED) is 0.176. The van der Waals surface area contributed by atoms with Gasteiger partial charge in [0.25, 0.3) is 5.91 Å².